The summed E-state index contributed by atoms with van der Waals surface area (Å²) in [5, 5.41) is 20.5. The van der Waals surface area contributed by atoms with E-state index in [0.717, 1.165) is 19.3 Å². The summed E-state index contributed by atoms with van der Waals surface area (Å²) in [7, 11) is 0. The van der Waals surface area contributed by atoms with Gasteiger partial charge in [-0.15, -0.1) is 0 Å². The summed E-state index contributed by atoms with van der Waals surface area (Å²) < 4.78 is 0. The lowest BCUT2D eigenvalue weighted by molar-refractivity contribution is -0.383. The molecular weight excluding hydrogens is 302 g/mol. The highest BCUT2D eigenvalue weighted by atomic mass is 16.6. The first kappa shape index (κ1) is 15.3. The molecule has 0 radical (unpaired) electrons. The zero-order valence-corrected chi connectivity index (χ0v) is 12.3. The normalized spacial score (nSPS) is 26.1. The van der Waals surface area contributed by atoms with Crippen LogP contribution in [-0.4, -0.2) is 39.4 Å². The molecule has 0 aromatic heterocycles. The number of para-hydroxylation sites is 1. The van der Waals surface area contributed by atoms with E-state index in [0.29, 0.717) is 6.54 Å². The molecule has 2 aliphatic rings. The molecule has 122 valence electrons. The molecule has 8 heteroatoms. The summed E-state index contributed by atoms with van der Waals surface area (Å²) in [5.74, 6) is -1.44. The Morgan fingerprint density at radius 2 is 2.09 bits per heavy atom. The zero-order valence-electron chi connectivity index (χ0n) is 12.3. The molecule has 1 aliphatic carbocycles. The van der Waals surface area contributed by atoms with E-state index in [1.165, 1.54) is 23.1 Å². The molecule has 23 heavy (non-hydrogen) atoms. The highest BCUT2D eigenvalue weighted by molar-refractivity contribution is 6.02. The van der Waals surface area contributed by atoms with Crippen molar-refractivity contribution in [2.75, 3.05) is 12.3 Å². The van der Waals surface area contributed by atoms with Crippen molar-refractivity contribution < 1.29 is 19.6 Å². The number of nitro benzene ring substituents is 1. The number of nitrogen functional groups attached to an aromatic ring is 1. The van der Waals surface area contributed by atoms with E-state index < -0.39 is 22.8 Å². The Kier molecular flexibility index (Phi) is 3.67. The van der Waals surface area contributed by atoms with Gasteiger partial charge in [0.1, 0.15) is 11.7 Å². The first-order chi connectivity index (χ1) is 10.9. The van der Waals surface area contributed by atoms with Gasteiger partial charge in [-0.05, 0) is 30.7 Å². The number of carbonyl (C=O) groups excluding carboxylic acids is 1. The molecule has 0 bridgehead atoms. The Labute approximate surface area is 132 Å². The number of hydrogen-bond donors (Lipinski definition) is 2. The second kappa shape index (κ2) is 5.53. The Morgan fingerprint density at radius 3 is 2.74 bits per heavy atom. The molecule has 0 spiro atoms. The number of rotatable bonds is 3. The molecular formula is C15H17N3O5. The third-order valence-corrected chi connectivity index (χ3v) is 4.91. The highest BCUT2D eigenvalue weighted by Crippen LogP contribution is 2.43. The molecule has 1 amide bonds. The van der Waals surface area contributed by atoms with Crippen molar-refractivity contribution in [2.24, 2.45) is 11.8 Å². The molecule has 1 saturated carbocycles. The number of nitrogens with two attached hydrogens (primary N) is 1. The first-order valence-electron chi connectivity index (χ1n) is 7.48. The number of likely N-dealkylation sites (tertiary alicyclic amines) is 1. The van der Waals surface area contributed by atoms with Gasteiger partial charge in [0.15, 0.2) is 0 Å². The molecule has 1 saturated heterocycles. The van der Waals surface area contributed by atoms with Gasteiger partial charge in [-0.3, -0.25) is 14.9 Å². The molecule has 3 rings (SSSR count). The number of hydrogen-bond acceptors (Lipinski definition) is 5. The third kappa shape index (κ3) is 2.39. The lowest BCUT2D eigenvalue weighted by Gasteiger charge is -2.24. The van der Waals surface area contributed by atoms with Crippen LogP contribution in [0, 0.1) is 22.0 Å². The number of nitrogens with zero attached hydrogens (tertiary/aromatic N) is 2. The molecule has 1 aliphatic heterocycles. The minimum absolute atomic E-state index is 0.00887. The molecule has 1 aromatic carbocycles. The van der Waals surface area contributed by atoms with Crippen molar-refractivity contribution in [3.8, 4) is 0 Å². The Morgan fingerprint density at radius 1 is 1.35 bits per heavy atom. The van der Waals surface area contributed by atoms with E-state index in [9.17, 15) is 24.8 Å². The van der Waals surface area contributed by atoms with Crippen LogP contribution < -0.4 is 5.73 Å². The second-order valence-electron chi connectivity index (χ2n) is 6.09. The predicted octanol–water partition coefficient (Wildman–Crippen LogP) is 1.50. The Balaban J connectivity index is 1.96. The van der Waals surface area contributed by atoms with Gasteiger partial charge in [-0.25, -0.2) is 4.79 Å². The van der Waals surface area contributed by atoms with Gasteiger partial charge < -0.3 is 15.7 Å². The minimum atomic E-state index is -1.03. The van der Waals surface area contributed by atoms with Crippen molar-refractivity contribution >= 4 is 23.3 Å². The summed E-state index contributed by atoms with van der Waals surface area (Å²) in [6, 6.07) is 3.12. The van der Waals surface area contributed by atoms with Crippen LogP contribution in [0.2, 0.25) is 0 Å². The predicted molar refractivity (Wildman–Crippen MR) is 80.8 cm³/mol. The van der Waals surface area contributed by atoms with Crippen LogP contribution in [0.25, 0.3) is 0 Å². The maximum absolute atomic E-state index is 12.7. The molecule has 2 fully saturated rings. The summed E-state index contributed by atoms with van der Waals surface area (Å²) in [6.07, 6.45) is 2.67. The van der Waals surface area contributed by atoms with Gasteiger partial charge in [-0.1, -0.05) is 12.5 Å². The summed E-state index contributed by atoms with van der Waals surface area (Å²) in [6.45, 7) is 0.364. The Hall–Kier alpha value is -2.64. The van der Waals surface area contributed by atoms with Crippen molar-refractivity contribution in [1.29, 1.82) is 0 Å². The van der Waals surface area contributed by atoms with Crippen LogP contribution in [0.3, 0.4) is 0 Å². The van der Waals surface area contributed by atoms with E-state index in [1.807, 2.05) is 0 Å². The Bertz CT molecular complexity index is 690. The van der Waals surface area contributed by atoms with Crippen molar-refractivity contribution in [3.05, 3.63) is 33.9 Å². The van der Waals surface area contributed by atoms with Crippen LogP contribution in [0.15, 0.2) is 18.2 Å². The van der Waals surface area contributed by atoms with Crippen LogP contribution in [0.4, 0.5) is 11.4 Å². The van der Waals surface area contributed by atoms with Gasteiger partial charge in [0.05, 0.1) is 10.5 Å². The van der Waals surface area contributed by atoms with Crippen molar-refractivity contribution in [3.63, 3.8) is 0 Å². The molecule has 3 N–H and O–H groups in total. The van der Waals surface area contributed by atoms with Crippen molar-refractivity contribution in [2.45, 2.75) is 25.3 Å². The zero-order chi connectivity index (χ0) is 16.7. The van der Waals surface area contributed by atoms with Gasteiger partial charge in [0, 0.05) is 12.6 Å². The van der Waals surface area contributed by atoms with E-state index >= 15 is 0 Å². The lowest BCUT2D eigenvalue weighted by atomic mass is 9.94. The molecule has 3 atom stereocenters. The molecule has 8 nitrogen and oxygen atoms in total. The number of nitro groups is 1. The highest BCUT2D eigenvalue weighted by Gasteiger charge is 2.49. The standard InChI is InChI=1S/C15H17N3O5/c16-12-10(5-2-6-11(12)18(22)23)14(19)17-7-8-3-1-4-9(8)13(17)15(20)21/h2,5-6,8-9,13H,1,3-4,7,16H2,(H,20,21). The monoisotopic (exact) mass is 319 g/mol. The maximum Gasteiger partial charge on any atom is 0.326 e. The molecule has 3 unspecified atom stereocenters. The fraction of sp³-hybridized carbons (Fsp3) is 0.467. The largest absolute Gasteiger partial charge is 0.480 e. The second-order valence-corrected chi connectivity index (χ2v) is 6.09. The number of benzene rings is 1. The number of carboxylic acids is 1. The first-order valence-corrected chi connectivity index (χ1v) is 7.48. The smallest absolute Gasteiger partial charge is 0.326 e. The molecule has 1 aromatic rings. The maximum atomic E-state index is 12.7. The van der Waals surface area contributed by atoms with Gasteiger partial charge in [0.25, 0.3) is 11.6 Å². The van der Waals surface area contributed by atoms with E-state index in [-0.39, 0.29) is 28.8 Å². The number of carboxylic acid groups (broad SMARTS) is 1. The SMILES string of the molecule is Nc1c(C(=O)N2CC3CCCC3C2C(=O)O)cccc1[N+](=O)[O-]. The summed E-state index contributed by atoms with van der Waals surface area (Å²) in [4.78, 5) is 36.0. The lowest BCUT2D eigenvalue weighted by Crippen LogP contribution is -2.43. The van der Waals surface area contributed by atoms with Crippen LogP contribution in [0.1, 0.15) is 29.6 Å². The van der Waals surface area contributed by atoms with Crippen LogP contribution in [0.5, 0.6) is 0 Å². The number of carbonyl (C=O) groups is 2. The fourth-order valence-electron chi connectivity index (χ4n) is 3.88. The average molecular weight is 319 g/mol. The summed E-state index contributed by atoms with van der Waals surface area (Å²) in [5.41, 5.74) is 5.18. The van der Waals surface area contributed by atoms with Gasteiger partial charge in [-0.2, -0.15) is 0 Å². The topological polar surface area (TPSA) is 127 Å². The van der Waals surface area contributed by atoms with Crippen LogP contribution >= 0.6 is 0 Å². The van der Waals surface area contributed by atoms with Gasteiger partial charge in [0.2, 0.25) is 0 Å². The van der Waals surface area contributed by atoms with Crippen molar-refractivity contribution in [1.82, 2.24) is 4.90 Å². The third-order valence-electron chi connectivity index (χ3n) is 4.91. The number of amides is 1. The summed E-state index contributed by atoms with van der Waals surface area (Å²) >= 11 is 0. The average Bonchev–Trinajstić information content (AvgIpc) is 3.06. The fourth-order valence-corrected chi connectivity index (χ4v) is 3.88. The number of aliphatic carboxylic acids is 1. The number of fused-ring (bicyclic) bond motifs is 1. The minimum Gasteiger partial charge on any atom is -0.480 e. The van der Waals surface area contributed by atoms with Gasteiger partial charge >= 0.3 is 5.97 Å². The van der Waals surface area contributed by atoms with E-state index in [1.54, 1.807) is 0 Å². The van der Waals surface area contributed by atoms with E-state index in [2.05, 4.69) is 0 Å². The van der Waals surface area contributed by atoms with E-state index in [4.69, 9.17) is 5.73 Å². The number of anilines is 1. The molecule has 1 heterocycles. The quantitative estimate of drug-likeness (QED) is 0.494. The van der Waals surface area contributed by atoms with Crippen LogP contribution in [-0.2, 0) is 4.79 Å².